The highest BCUT2D eigenvalue weighted by Crippen LogP contribution is 2.33. The van der Waals surface area contributed by atoms with Crippen molar-refractivity contribution in [3.63, 3.8) is 0 Å². The van der Waals surface area contributed by atoms with Gasteiger partial charge in [-0.3, -0.25) is 4.79 Å². The molecule has 0 atom stereocenters. The summed E-state index contributed by atoms with van der Waals surface area (Å²) in [6.45, 7) is 2.50. The normalized spacial score (nSPS) is 12.4. The fourth-order valence-corrected chi connectivity index (χ4v) is 1.95. The van der Waals surface area contributed by atoms with Crippen LogP contribution in [0.1, 0.15) is 24.3 Å². The van der Waals surface area contributed by atoms with Crippen LogP contribution in [-0.4, -0.2) is 48.5 Å². The molecule has 0 radical (unpaired) electrons. The maximum Gasteiger partial charge on any atom is 0.534 e. The van der Waals surface area contributed by atoms with Crippen LogP contribution < -0.4 is 9.50 Å². The molecule has 0 spiro atoms. The van der Waals surface area contributed by atoms with E-state index < -0.39 is 50.2 Å². The first-order valence-corrected chi connectivity index (χ1v) is 7.73. The minimum atomic E-state index is -6.06. The van der Waals surface area contributed by atoms with Crippen LogP contribution in [0.4, 0.5) is 13.2 Å². The summed E-state index contributed by atoms with van der Waals surface area (Å²) in [4.78, 5) is 27.0. The first-order chi connectivity index (χ1) is 11.2. The number of nitrogens with zero attached hydrogens (tertiary/aromatic N) is 1. The molecule has 1 amide bonds. The van der Waals surface area contributed by atoms with Gasteiger partial charge in [-0.2, -0.15) is 21.6 Å². The lowest BCUT2D eigenvalue weighted by Gasteiger charge is -2.23. The number of ether oxygens (including phenoxy) is 1. The number of pyridine rings is 1. The topological polar surface area (TPSA) is 132 Å². The van der Waals surface area contributed by atoms with Gasteiger partial charge in [0.15, 0.2) is 17.2 Å². The molecule has 2 N–H and O–H groups in total. The number of carbonyl (C=O) groups is 2. The molecule has 140 valence electrons. The Morgan fingerprint density at radius 2 is 1.84 bits per heavy atom. The van der Waals surface area contributed by atoms with E-state index in [-0.39, 0.29) is 0 Å². The number of hydrogen-bond donors (Lipinski definition) is 2. The second-order valence-electron chi connectivity index (χ2n) is 5.06. The number of carbonyl (C=O) groups excluding carboxylic acids is 2. The van der Waals surface area contributed by atoms with Crippen LogP contribution in [0, 0.1) is 0 Å². The Hall–Kier alpha value is -2.57. The molecule has 1 heterocycles. The third-order valence-corrected chi connectivity index (χ3v) is 3.67. The first kappa shape index (κ1) is 20.5. The Kier molecular flexibility index (Phi) is 5.52. The first-order valence-electron chi connectivity index (χ1n) is 6.32. The van der Waals surface area contributed by atoms with Gasteiger partial charge in [0, 0.05) is 12.3 Å². The van der Waals surface area contributed by atoms with Crippen molar-refractivity contribution in [3.8, 4) is 11.5 Å². The largest absolute Gasteiger partial charge is 0.534 e. The summed E-state index contributed by atoms with van der Waals surface area (Å²) in [6, 6.07) is 0.612. The van der Waals surface area contributed by atoms with Gasteiger partial charge in [0.05, 0.1) is 7.11 Å². The zero-order valence-corrected chi connectivity index (χ0v) is 13.9. The van der Waals surface area contributed by atoms with Crippen LogP contribution in [-0.2, 0) is 19.6 Å². The summed E-state index contributed by atoms with van der Waals surface area (Å²) in [5, 5.41) is 11.9. The second-order valence-corrected chi connectivity index (χ2v) is 6.60. The monoisotopic (exact) mass is 386 g/mol. The molecule has 0 fully saturated rings. The standard InChI is InChI=1S/C12H13F3N2O7S/c1-11(2,10(20)23-3)17-9(19)7-8(18)6(4-5-16-7)24-25(21,22)12(13,14)15/h4-5,18H,1-3H3,(H,17,19). The van der Waals surface area contributed by atoms with E-state index in [0.29, 0.717) is 6.07 Å². The molecule has 0 unspecified atom stereocenters. The minimum Gasteiger partial charge on any atom is -0.503 e. The zero-order valence-electron chi connectivity index (χ0n) is 13.0. The van der Waals surface area contributed by atoms with Gasteiger partial charge in [-0.15, -0.1) is 0 Å². The van der Waals surface area contributed by atoms with Gasteiger partial charge in [-0.25, -0.2) is 9.78 Å². The van der Waals surface area contributed by atoms with Crippen LogP contribution in [0.2, 0.25) is 0 Å². The maximum absolute atomic E-state index is 12.3. The molecule has 1 aromatic rings. The molecule has 0 aliphatic carbocycles. The summed E-state index contributed by atoms with van der Waals surface area (Å²) < 4.78 is 67.1. The van der Waals surface area contributed by atoms with Crippen molar-refractivity contribution in [1.29, 1.82) is 0 Å². The predicted octanol–water partition coefficient (Wildman–Crippen LogP) is 0.697. The van der Waals surface area contributed by atoms with Crippen LogP contribution in [0.25, 0.3) is 0 Å². The molecular formula is C12H13F3N2O7S. The van der Waals surface area contributed by atoms with E-state index in [2.05, 4.69) is 19.2 Å². The summed E-state index contributed by atoms with van der Waals surface area (Å²) in [5.74, 6) is -4.45. The highest BCUT2D eigenvalue weighted by molar-refractivity contribution is 7.88. The van der Waals surface area contributed by atoms with Crippen molar-refractivity contribution in [3.05, 3.63) is 18.0 Å². The molecule has 9 nitrogen and oxygen atoms in total. The SMILES string of the molecule is COC(=O)C(C)(C)NC(=O)c1nccc(OS(=O)(=O)C(F)(F)F)c1O. The van der Waals surface area contributed by atoms with Crippen molar-refractivity contribution < 1.29 is 45.2 Å². The fourth-order valence-electron chi connectivity index (χ4n) is 1.48. The highest BCUT2D eigenvalue weighted by atomic mass is 32.2. The van der Waals surface area contributed by atoms with Crippen molar-refractivity contribution >= 4 is 22.0 Å². The van der Waals surface area contributed by atoms with Crippen LogP contribution in [0.15, 0.2) is 12.3 Å². The lowest BCUT2D eigenvalue weighted by Crippen LogP contribution is -2.50. The third kappa shape index (κ3) is 4.49. The molecule has 13 heteroatoms. The van der Waals surface area contributed by atoms with Gasteiger partial charge >= 0.3 is 21.6 Å². The van der Waals surface area contributed by atoms with Gasteiger partial charge in [0.2, 0.25) is 0 Å². The molecular weight excluding hydrogens is 373 g/mol. The number of methoxy groups -OCH3 is 1. The average molecular weight is 386 g/mol. The lowest BCUT2D eigenvalue weighted by atomic mass is 10.1. The lowest BCUT2D eigenvalue weighted by molar-refractivity contribution is -0.146. The minimum absolute atomic E-state index is 0.612. The van der Waals surface area contributed by atoms with Gasteiger partial charge in [0.25, 0.3) is 5.91 Å². The molecule has 0 aromatic carbocycles. The van der Waals surface area contributed by atoms with E-state index in [1.54, 1.807) is 0 Å². The number of alkyl halides is 3. The molecule has 1 aromatic heterocycles. The number of nitrogens with one attached hydrogen (secondary N) is 1. The zero-order chi connectivity index (χ0) is 19.6. The summed E-state index contributed by atoms with van der Waals surface area (Å²) in [5.41, 5.74) is -8.15. The van der Waals surface area contributed by atoms with Crippen LogP contribution in [0.3, 0.4) is 0 Å². The van der Waals surface area contributed by atoms with Gasteiger partial charge < -0.3 is 19.3 Å². The van der Waals surface area contributed by atoms with Crippen LogP contribution >= 0.6 is 0 Å². The second kappa shape index (κ2) is 6.74. The fraction of sp³-hybridized carbons (Fsp3) is 0.417. The van der Waals surface area contributed by atoms with Gasteiger partial charge in [-0.05, 0) is 13.8 Å². The van der Waals surface area contributed by atoms with E-state index in [9.17, 15) is 36.3 Å². The Balaban J connectivity index is 3.17. The van der Waals surface area contributed by atoms with Crippen LogP contribution in [0.5, 0.6) is 11.5 Å². The molecule has 1 rings (SSSR count). The Bertz CT molecular complexity index is 790. The molecule has 25 heavy (non-hydrogen) atoms. The van der Waals surface area contributed by atoms with E-state index >= 15 is 0 Å². The summed E-state index contributed by atoms with van der Waals surface area (Å²) >= 11 is 0. The molecule has 0 saturated heterocycles. The Morgan fingerprint density at radius 1 is 1.28 bits per heavy atom. The quantitative estimate of drug-likeness (QED) is 0.429. The summed E-state index contributed by atoms with van der Waals surface area (Å²) in [7, 11) is -5.00. The molecule has 0 aliphatic rings. The highest BCUT2D eigenvalue weighted by Gasteiger charge is 2.49. The van der Waals surface area contributed by atoms with E-state index in [4.69, 9.17) is 0 Å². The van der Waals surface area contributed by atoms with Gasteiger partial charge in [0.1, 0.15) is 5.54 Å². The van der Waals surface area contributed by atoms with Crippen molar-refractivity contribution in [2.24, 2.45) is 0 Å². The number of halogens is 3. The number of esters is 1. The van der Waals surface area contributed by atoms with E-state index in [0.717, 1.165) is 13.3 Å². The van der Waals surface area contributed by atoms with E-state index in [1.807, 2.05) is 0 Å². The molecule has 0 bridgehead atoms. The van der Waals surface area contributed by atoms with Gasteiger partial charge in [-0.1, -0.05) is 0 Å². The number of amides is 1. The number of rotatable bonds is 5. The number of aromatic nitrogens is 1. The maximum atomic E-state index is 12.3. The van der Waals surface area contributed by atoms with E-state index in [1.165, 1.54) is 13.8 Å². The average Bonchev–Trinajstić information content (AvgIpc) is 2.46. The number of hydrogen-bond acceptors (Lipinski definition) is 8. The number of aromatic hydroxyl groups is 1. The Morgan fingerprint density at radius 3 is 2.32 bits per heavy atom. The molecule has 0 aliphatic heterocycles. The molecule has 0 saturated carbocycles. The van der Waals surface area contributed by atoms with Crippen molar-refractivity contribution in [2.75, 3.05) is 7.11 Å². The van der Waals surface area contributed by atoms with Crippen molar-refractivity contribution in [2.45, 2.75) is 24.9 Å². The smallest absolute Gasteiger partial charge is 0.503 e. The third-order valence-electron chi connectivity index (χ3n) is 2.71. The predicted molar refractivity (Wildman–Crippen MR) is 75.1 cm³/mol. The van der Waals surface area contributed by atoms with Crippen molar-refractivity contribution in [1.82, 2.24) is 10.3 Å². The summed E-state index contributed by atoms with van der Waals surface area (Å²) in [6.07, 6.45) is 0.737. The Labute approximate surface area is 139 Å².